The summed E-state index contributed by atoms with van der Waals surface area (Å²) in [5.74, 6) is 1.35. The van der Waals surface area contributed by atoms with Crippen LogP contribution in [0.1, 0.15) is 31.2 Å². The number of aromatic amines is 1. The quantitative estimate of drug-likeness (QED) is 0.562. The Kier molecular flexibility index (Phi) is 2.81. The Balaban J connectivity index is 1.90. The van der Waals surface area contributed by atoms with Crippen molar-refractivity contribution in [3.8, 4) is 0 Å². The van der Waals surface area contributed by atoms with Gasteiger partial charge in [-0.3, -0.25) is 10.1 Å². The normalized spacial score (nSPS) is 19.0. The van der Waals surface area contributed by atoms with Crippen LogP contribution in [-0.4, -0.2) is 16.0 Å². The molecule has 1 saturated carbocycles. The highest BCUT2D eigenvalue weighted by Gasteiger charge is 2.18. The van der Waals surface area contributed by atoms with Gasteiger partial charge in [0.05, 0.1) is 18.6 Å². The minimum absolute atomic E-state index is 0.530. The van der Waals surface area contributed by atoms with Crippen LogP contribution in [0, 0.1) is 5.92 Å². The highest BCUT2D eigenvalue weighted by Crippen LogP contribution is 2.24. The van der Waals surface area contributed by atoms with Gasteiger partial charge in [0.2, 0.25) is 0 Å². The number of nitrogens with zero attached hydrogens (tertiary/aromatic N) is 2. The SMILES string of the molecule is NC(=NCc1cn[nH]c1)C1CCCC1. The van der Waals surface area contributed by atoms with Gasteiger partial charge in [-0.25, -0.2) is 0 Å². The Bertz CT molecular complexity index is 296. The van der Waals surface area contributed by atoms with Crippen molar-refractivity contribution in [3.05, 3.63) is 18.0 Å². The molecule has 0 unspecified atom stereocenters. The first kappa shape index (κ1) is 9.24. The molecular formula is C10H16N4. The maximum Gasteiger partial charge on any atom is 0.0972 e. The molecule has 1 aromatic heterocycles. The number of H-pyrrole nitrogens is 1. The first-order chi connectivity index (χ1) is 6.86. The molecule has 1 fully saturated rings. The van der Waals surface area contributed by atoms with E-state index in [9.17, 15) is 0 Å². The molecule has 0 aliphatic heterocycles. The summed E-state index contributed by atoms with van der Waals surface area (Å²) < 4.78 is 0. The van der Waals surface area contributed by atoms with Gasteiger partial charge in [-0.05, 0) is 12.8 Å². The number of nitrogens with one attached hydrogen (secondary N) is 1. The fraction of sp³-hybridized carbons (Fsp3) is 0.600. The van der Waals surface area contributed by atoms with Crippen molar-refractivity contribution in [1.82, 2.24) is 10.2 Å². The van der Waals surface area contributed by atoms with Gasteiger partial charge in [-0.2, -0.15) is 5.10 Å². The van der Waals surface area contributed by atoms with Crippen molar-refractivity contribution in [1.29, 1.82) is 0 Å². The fourth-order valence-electron chi connectivity index (χ4n) is 1.90. The number of aliphatic imine (C=N–C) groups is 1. The highest BCUT2D eigenvalue weighted by molar-refractivity contribution is 5.83. The summed E-state index contributed by atoms with van der Waals surface area (Å²) in [7, 11) is 0. The molecule has 3 N–H and O–H groups in total. The molecule has 14 heavy (non-hydrogen) atoms. The lowest BCUT2D eigenvalue weighted by Gasteiger charge is -2.07. The van der Waals surface area contributed by atoms with Gasteiger partial charge < -0.3 is 5.73 Å². The second kappa shape index (κ2) is 4.26. The summed E-state index contributed by atoms with van der Waals surface area (Å²) in [6.45, 7) is 0.652. The summed E-state index contributed by atoms with van der Waals surface area (Å²) in [5.41, 5.74) is 7.00. The van der Waals surface area contributed by atoms with Gasteiger partial charge in [-0.1, -0.05) is 12.8 Å². The molecule has 0 radical (unpaired) electrons. The van der Waals surface area contributed by atoms with E-state index in [2.05, 4.69) is 15.2 Å². The molecule has 0 bridgehead atoms. The Hall–Kier alpha value is -1.32. The van der Waals surface area contributed by atoms with Gasteiger partial charge >= 0.3 is 0 Å². The van der Waals surface area contributed by atoms with Crippen molar-refractivity contribution >= 4 is 5.84 Å². The second-order valence-electron chi connectivity index (χ2n) is 3.83. The Morgan fingerprint density at radius 2 is 2.36 bits per heavy atom. The van der Waals surface area contributed by atoms with E-state index in [1.807, 2.05) is 6.20 Å². The van der Waals surface area contributed by atoms with Crippen LogP contribution in [0.4, 0.5) is 0 Å². The van der Waals surface area contributed by atoms with E-state index in [1.165, 1.54) is 25.7 Å². The topological polar surface area (TPSA) is 67.1 Å². The standard InChI is InChI=1S/C10H16N4/c11-10(9-3-1-2-4-9)12-5-8-6-13-14-7-8/h6-7,9H,1-5H2,(H2,11,12)(H,13,14). The van der Waals surface area contributed by atoms with Gasteiger partial charge in [0.1, 0.15) is 0 Å². The van der Waals surface area contributed by atoms with E-state index in [-0.39, 0.29) is 0 Å². The molecule has 4 nitrogen and oxygen atoms in total. The predicted octanol–water partition coefficient (Wildman–Crippen LogP) is 1.46. The minimum atomic E-state index is 0.530. The molecule has 0 saturated heterocycles. The third-order valence-electron chi connectivity index (χ3n) is 2.77. The average molecular weight is 192 g/mol. The third kappa shape index (κ3) is 2.13. The monoisotopic (exact) mass is 192 g/mol. The van der Waals surface area contributed by atoms with E-state index in [1.54, 1.807) is 6.20 Å². The largest absolute Gasteiger partial charge is 0.387 e. The van der Waals surface area contributed by atoms with Crippen molar-refractivity contribution in [2.24, 2.45) is 16.6 Å². The summed E-state index contributed by atoms with van der Waals surface area (Å²) in [6, 6.07) is 0. The first-order valence-corrected chi connectivity index (χ1v) is 5.14. The molecule has 1 aliphatic rings. The van der Waals surface area contributed by atoms with Crippen LogP contribution in [0.15, 0.2) is 17.4 Å². The lowest BCUT2D eigenvalue weighted by Crippen LogP contribution is -2.21. The summed E-state index contributed by atoms with van der Waals surface area (Å²) in [5, 5.41) is 6.63. The summed E-state index contributed by atoms with van der Waals surface area (Å²) >= 11 is 0. The van der Waals surface area contributed by atoms with Crippen molar-refractivity contribution < 1.29 is 0 Å². The summed E-state index contributed by atoms with van der Waals surface area (Å²) in [4.78, 5) is 4.38. The van der Waals surface area contributed by atoms with E-state index in [0.717, 1.165) is 11.4 Å². The molecule has 4 heteroatoms. The lowest BCUT2D eigenvalue weighted by molar-refractivity contribution is 0.715. The van der Waals surface area contributed by atoms with Gasteiger partial charge in [0.25, 0.3) is 0 Å². The predicted molar refractivity (Wildman–Crippen MR) is 55.9 cm³/mol. The number of hydrogen-bond acceptors (Lipinski definition) is 2. The average Bonchev–Trinajstić information content (AvgIpc) is 2.87. The molecule has 0 spiro atoms. The Morgan fingerprint density at radius 1 is 1.57 bits per heavy atom. The van der Waals surface area contributed by atoms with Crippen LogP contribution in [-0.2, 0) is 6.54 Å². The van der Waals surface area contributed by atoms with Crippen molar-refractivity contribution in [3.63, 3.8) is 0 Å². The number of aromatic nitrogens is 2. The second-order valence-corrected chi connectivity index (χ2v) is 3.83. The zero-order valence-corrected chi connectivity index (χ0v) is 8.24. The summed E-state index contributed by atoms with van der Waals surface area (Å²) in [6.07, 6.45) is 8.65. The zero-order valence-electron chi connectivity index (χ0n) is 8.24. The maximum atomic E-state index is 5.91. The molecule has 0 atom stereocenters. The van der Waals surface area contributed by atoms with Gasteiger partial charge in [0.15, 0.2) is 0 Å². The first-order valence-electron chi connectivity index (χ1n) is 5.14. The molecule has 76 valence electrons. The van der Waals surface area contributed by atoms with Crippen molar-refractivity contribution in [2.45, 2.75) is 32.2 Å². The smallest absolute Gasteiger partial charge is 0.0972 e. The van der Waals surface area contributed by atoms with Crippen LogP contribution in [0.5, 0.6) is 0 Å². The zero-order chi connectivity index (χ0) is 9.80. The number of nitrogens with two attached hydrogens (primary N) is 1. The molecule has 2 rings (SSSR count). The fourth-order valence-corrected chi connectivity index (χ4v) is 1.90. The highest BCUT2D eigenvalue weighted by atomic mass is 15.1. The maximum absolute atomic E-state index is 5.91. The molecule has 0 amide bonds. The van der Waals surface area contributed by atoms with Crippen LogP contribution in [0.25, 0.3) is 0 Å². The van der Waals surface area contributed by atoms with Gasteiger partial charge in [0, 0.05) is 17.7 Å². The lowest BCUT2D eigenvalue weighted by atomic mass is 10.1. The Morgan fingerprint density at radius 3 is 3.00 bits per heavy atom. The number of hydrogen-bond donors (Lipinski definition) is 2. The molecule has 1 aliphatic carbocycles. The van der Waals surface area contributed by atoms with E-state index in [4.69, 9.17) is 5.73 Å². The Labute approximate surface area is 83.6 Å². The van der Waals surface area contributed by atoms with Crippen molar-refractivity contribution in [2.75, 3.05) is 0 Å². The van der Waals surface area contributed by atoms with Crippen LogP contribution >= 0.6 is 0 Å². The molecule has 1 heterocycles. The minimum Gasteiger partial charge on any atom is -0.387 e. The van der Waals surface area contributed by atoms with E-state index >= 15 is 0 Å². The van der Waals surface area contributed by atoms with Crippen LogP contribution < -0.4 is 5.73 Å². The molecular weight excluding hydrogens is 176 g/mol. The van der Waals surface area contributed by atoms with E-state index in [0.29, 0.717) is 12.5 Å². The number of rotatable bonds is 3. The number of amidine groups is 1. The van der Waals surface area contributed by atoms with Gasteiger partial charge in [-0.15, -0.1) is 0 Å². The molecule has 0 aromatic carbocycles. The molecule has 1 aromatic rings. The van der Waals surface area contributed by atoms with Crippen LogP contribution in [0.2, 0.25) is 0 Å². The van der Waals surface area contributed by atoms with Crippen LogP contribution in [0.3, 0.4) is 0 Å². The van der Waals surface area contributed by atoms with E-state index < -0.39 is 0 Å². The third-order valence-corrected chi connectivity index (χ3v) is 2.77.